The Bertz CT molecular complexity index is 1170. The van der Waals surface area contributed by atoms with Crippen LogP contribution < -0.4 is 0 Å². The normalized spacial score (nSPS) is 12.6. The van der Waals surface area contributed by atoms with Gasteiger partial charge in [0.15, 0.2) is 6.10 Å². The van der Waals surface area contributed by atoms with E-state index in [1.54, 1.807) is 0 Å². The van der Waals surface area contributed by atoms with Crippen LogP contribution in [0.15, 0.2) is 60.8 Å². The molecule has 0 radical (unpaired) electrons. The van der Waals surface area contributed by atoms with E-state index >= 15 is 0 Å². The molecule has 0 spiro atoms. The quantitative estimate of drug-likeness (QED) is 0.0345. The molecular weight excluding hydrogens is 837 g/mol. The number of ether oxygens (including phenoxy) is 3. The molecule has 0 heterocycles. The highest BCUT2D eigenvalue weighted by molar-refractivity contribution is 5.70. The molecule has 1 atom stereocenters. The molecule has 5 nitrogen and oxygen atoms in total. The highest BCUT2D eigenvalue weighted by Crippen LogP contribution is 2.16. The molecular formula is C63H114O5. The molecule has 0 bridgehead atoms. The van der Waals surface area contributed by atoms with Gasteiger partial charge in [-0.3, -0.25) is 9.59 Å². The van der Waals surface area contributed by atoms with Crippen LogP contribution in [0.2, 0.25) is 0 Å². The van der Waals surface area contributed by atoms with E-state index in [9.17, 15) is 9.59 Å². The second-order valence-electron chi connectivity index (χ2n) is 19.9. The van der Waals surface area contributed by atoms with Gasteiger partial charge in [0.05, 0.1) is 6.61 Å². The van der Waals surface area contributed by atoms with Gasteiger partial charge in [0.1, 0.15) is 6.61 Å². The van der Waals surface area contributed by atoms with Crippen molar-refractivity contribution < 1.29 is 23.8 Å². The van der Waals surface area contributed by atoms with Crippen molar-refractivity contribution in [3.05, 3.63) is 60.8 Å². The molecule has 0 aliphatic carbocycles. The molecule has 0 aromatic heterocycles. The summed E-state index contributed by atoms with van der Waals surface area (Å²) >= 11 is 0. The lowest BCUT2D eigenvalue weighted by Crippen LogP contribution is -2.30. The van der Waals surface area contributed by atoms with Crippen LogP contribution in [-0.2, 0) is 23.8 Å². The van der Waals surface area contributed by atoms with Gasteiger partial charge in [0, 0.05) is 19.4 Å². The Kier molecular flexibility index (Phi) is 56.8. The maximum absolute atomic E-state index is 12.9. The molecule has 0 saturated heterocycles. The van der Waals surface area contributed by atoms with Gasteiger partial charge in [0.25, 0.3) is 0 Å². The van der Waals surface area contributed by atoms with Crippen molar-refractivity contribution >= 4 is 11.9 Å². The molecule has 396 valence electrons. The summed E-state index contributed by atoms with van der Waals surface area (Å²) in [6, 6.07) is 0. The summed E-state index contributed by atoms with van der Waals surface area (Å²) in [5.74, 6) is -0.391. The molecule has 0 aliphatic rings. The average molecular weight is 952 g/mol. The monoisotopic (exact) mass is 951 g/mol. The van der Waals surface area contributed by atoms with Crippen LogP contribution in [0.3, 0.4) is 0 Å². The van der Waals surface area contributed by atoms with E-state index in [-0.39, 0.29) is 25.2 Å². The fraction of sp³-hybridized carbons (Fsp3) is 0.810. The van der Waals surface area contributed by atoms with E-state index in [4.69, 9.17) is 14.2 Å². The van der Waals surface area contributed by atoms with E-state index in [0.29, 0.717) is 19.4 Å². The van der Waals surface area contributed by atoms with Crippen LogP contribution in [0, 0.1) is 0 Å². The second kappa shape index (κ2) is 58.9. The van der Waals surface area contributed by atoms with E-state index in [1.807, 2.05) is 0 Å². The van der Waals surface area contributed by atoms with Crippen molar-refractivity contribution in [2.45, 2.75) is 309 Å². The molecule has 0 N–H and O–H groups in total. The van der Waals surface area contributed by atoms with Crippen molar-refractivity contribution in [3.63, 3.8) is 0 Å². The molecule has 0 aromatic rings. The van der Waals surface area contributed by atoms with Crippen molar-refractivity contribution in [2.24, 2.45) is 0 Å². The maximum atomic E-state index is 12.9. The Labute approximate surface area is 424 Å². The van der Waals surface area contributed by atoms with Crippen molar-refractivity contribution in [1.29, 1.82) is 0 Å². The van der Waals surface area contributed by atoms with Gasteiger partial charge in [-0.2, -0.15) is 0 Å². The summed E-state index contributed by atoms with van der Waals surface area (Å²) in [6.07, 6.45) is 75.3. The van der Waals surface area contributed by atoms with E-state index in [2.05, 4.69) is 81.5 Å². The molecule has 5 heteroatoms. The van der Waals surface area contributed by atoms with Crippen LogP contribution in [0.4, 0.5) is 0 Å². The zero-order valence-electron chi connectivity index (χ0n) is 45.6. The predicted molar refractivity (Wildman–Crippen MR) is 298 cm³/mol. The van der Waals surface area contributed by atoms with Crippen molar-refractivity contribution in [1.82, 2.24) is 0 Å². The third kappa shape index (κ3) is 56.2. The largest absolute Gasteiger partial charge is 0.462 e. The summed E-state index contributed by atoms with van der Waals surface area (Å²) in [7, 11) is 0. The van der Waals surface area contributed by atoms with Crippen LogP contribution in [0.5, 0.6) is 0 Å². The first kappa shape index (κ1) is 65.6. The SMILES string of the molecule is CC/C=C\C/C=C\C/C=C\C/C=C\CCCCCCCCCOCC(COC(=O)CCCCCCCCCCC/C=C\CCCCCCCC)OC(=O)CCCCCCCCCCCCCCC. The smallest absolute Gasteiger partial charge is 0.306 e. The van der Waals surface area contributed by atoms with Gasteiger partial charge >= 0.3 is 11.9 Å². The van der Waals surface area contributed by atoms with Crippen molar-refractivity contribution in [2.75, 3.05) is 19.8 Å². The molecule has 0 rings (SSSR count). The highest BCUT2D eigenvalue weighted by atomic mass is 16.6. The van der Waals surface area contributed by atoms with Gasteiger partial charge in [-0.1, -0.05) is 268 Å². The van der Waals surface area contributed by atoms with E-state index < -0.39 is 6.10 Å². The number of carbonyl (C=O) groups excluding carboxylic acids is 2. The maximum Gasteiger partial charge on any atom is 0.306 e. The molecule has 0 aliphatic heterocycles. The number of unbranched alkanes of at least 4 members (excludes halogenated alkanes) is 34. The first-order chi connectivity index (χ1) is 33.6. The van der Waals surface area contributed by atoms with Crippen LogP contribution >= 0.6 is 0 Å². The van der Waals surface area contributed by atoms with Gasteiger partial charge in [-0.05, 0) is 83.5 Å². The summed E-state index contributed by atoms with van der Waals surface area (Å²) in [4.78, 5) is 25.5. The van der Waals surface area contributed by atoms with Crippen LogP contribution in [-0.4, -0.2) is 37.9 Å². The lowest BCUT2D eigenvalue weighted by Gasteiger charge is -2.18. The predicted octanol–water partition coefficient (Wildman–Crippen LogP) is 20.5. The number of rotatable bonds is 55. The Morgan fingerprint density at radius 3 is 1.07 bits per heavy atom. The number of esters is 2. The van der Waals surface area contributed by atoms with Gasteiger partial charge in [-0.15, -0.1) is 0 Å². The molecule has 68 heavy (non-hydrogen) atoms. The van der Waals surface area contributed by atoms with Crippen molar-refractivity contribution in [3.8, 4) is 0 Å². The van der Waals surface area contributed by atoms with Crippen LogP contribution in [0.1, 0.15) is 303 Å². The van der Waals surface area contributed by atoms with Gasteiger partial charge < -0.3 is 14.2 Å². The Balaban J connectivity index is 4.24. The number of allylic oxidation sites excluding steroid dienone is 10. The average Bonchev–Trinajstić information content (AvgIpc) is 3.34. The minimum absolute atomic E-state index is 0.0823. The molecule has 1 unspecified atom stereocenters. The lowest BCUT2D eigenvalue weighted by molar-refractivity contribution is -0.163. The third-order valence-electron chi connectivity index (χ3n) is 13.0. The number of carbonyl (C=O) groups is 2. The number of hydrogen-bond acceptors (Lipinski definition) is 5. The van der Waals surface area contributed by atoms with Crippen LogP contribution in [0.25, 0.3) is 0 Å². The first-order valence-electron chi connectivity index (χ1n) is 29.8. The molecule has 0 amide bonds. The minimum atomic E-state index is -0.542. The molecule has 0 fully saturated rings. The zero-order chi connectivity index (χ0) is 49.2. The summed E-state index contributed by atoms with van der Waals surface area (Å²) < 4.78 is 17.5. The summed E-state index contributed by atoms with van der Waals surface area (Å²) in [5.41, 5.74) is 0. The minimum Gasteiger partial charge on any atom is -0.462 e. The Morgan fingerprint density at radius 2 is 0.662 bits per heavy atom. The topological polar surface area (TPSA) is 61.8 Å². The summed E-state index contributed by atoms with van der Waals surface area (Å²) in [6.45, 7) is 7.73. The first-order valence-corrected chi connectivity index (χ1v) is 29.8. The summed E-state index contributed by atoms with van der Waals surface area (Å²) in [5, 5.41) is 0. The standard InChI is InChI=1S/C63H114O5/c1-4-7-10-13-16-19-22-25-27-29-31-33-35-37-40-43-46-49-52-55-58-66-59-61(68-63(65)57-54-51-48-45-42-38-24-21-18-15-12-9-6-3)60-67-62(64)56-53-50-47-44-41-39-36-34-32-30-28-26-23-20-17-14-11-8-5-2/h7,10,16,19,25-28,31,33,61H,4-6,8-9,11-15,17-18,20-24,29-30,32,34-60H2,1-3H3/b10-7-,19-16-,27-25-,28-26-,33-31-. The third-order valence-corrected chi connectivity index (χ3v) is 13.0. The molecule has 0 saturated carbocycles. The van der Waals surface area contributed by atoms with E-state index in [0.717, 1.165) is 64.2 Å². The van der Waals surface area contributed by atoms with Gasteiger partial charge in [-0.25, -0.2) is 0 Å². The molecule has 0 aromatic carbocycles. The Morgan fingerprint density at radius 1 is 0.338 bits per heavy atom. The zero-order valence-corrected chi connectivity index (χ0v) is 45.6. The lowest BCUT2D eigenvalue weighted by atomic mass is 10.0. The fourth-order valence-electron chi connectivity index (χ4n) is 8.62. The highest BCUT2D eigenvalue weighted by Gasteiger charge is 2.17. The van der Waals surface area contributed by atoms with Gasteiger partial charge in [0.2, 0.25) is 0 Å². The fourth-order valence-corrected chi connectivity index (χ4v) is 8.62. The van der Waals surface area contributed by atoms with E-state index in [1.165, 1.54) is 205 Å². The Hall–Kier alpha value is -2.40. The number of hydrogen-bond donors (Lipinski definition) is 0. The second-order valence-corrected chi connectivity index (χ2v) is 19.9.